The normalized spacial score (nSPS) is 20.5. The first kappa shape index (κ1) is 25.1. The van der Waals surface area contributed by atoms with Crippen LogP contribution in [0.15, 0.2) is 55.0 Å². The van der Waals surface area contributed by atoms with Gasteiger partial charge in [-0.3, -0.25) is 4.98 Å². The van der Waals surface area contributed by atoms with Gasteiger partial charge in [-0.05, 0) is 24.8 Å². The predicted molar refractivity (Wildman–Crippen MR) is 151 cm³/mol. The number of nitrogens with one attached hydrogen (secondary N) is 1. The number of ether oxygens (including phenoxy) is 1. The molecule has 2 fully saturated rings. The van der Waals surface area contributed by atoms with Gasteiger partial charge in [0, 0.05) is 53.7 Å². The number of aliphatic hydroxyl groups is 1. The highest BCUT2D eigenvalue weighted by atomic mass is 35.5. The molecule has 2 saturated heterocycles. The highest BCUT2D eigenvalue weighted by Crippen LogP contribution is 2.38. The molecule has 204 valence electrons. The van der Waals surface area contributed by atoms with Crippen molar-refractivity contribution in [1.82, 2.24) is 29.8 Å². The summed E-state index contributed by atoms with van der Waals surface area (Å²) in [5.74, 6) is 0.842. The van der Waals surface area contributed by atoms with Crippen molar-refractivity contribution < 1.29 is 14.2 Å². The molecule has 1 unspecified atom stereocenters. The lowest BCUT2D eigenvalue weighted by molar-refractivity contribution is 0.163. The Kier molecular flexibility index (Phi) is 6.25. The van der Waals surface area contributed by atoms with Crippen LogP contribution >= 0.6 is 11.6 Å². The second-order valence-corrected chi connectivity index (χ2v) is 10.8. The van der Waals surface area contributed by atoms with Crippen LogP contribution in [0.4, 0.5) is 10.2 Å². The molecule has 11 heteroatoms. The number of aromatic nitrogens is 5. The summed E-state index contributed by atoms with van der Waals surface area (Å²) < 4.78 is 24.4. The first-order chi connectivity index (χ1) is 19.5. The molecule has 7 rings (SSSR count). The molecule has 3 aromatic heterocycles. The lowest BCUT2D eigenvalue weighted by Gasteiger charge is -2.34. The summed E-state index contributed by atoms with van der Waals surface area (Å²) in [6.07, 6.45) is 5.46. The van der Waals surface area contributed by atoms with Gasteiger partial charge in [0.15, 0.2) is 5.82 Å². The maximum atomic E-state index is 16.4. The average molecular weight is 560 g/mol. The Balaban J connectivity index is 1.33. The van der Waals surface area contributed by atoms with Gasteiger partial charge in [-0.2, -0.15) is 9.97 Å². The molecule has 2 N–H and O–H groups in total. The molecule has 2 aliphatic rings. The summed E-state index contributed by atoms with van der Waals surface area (Å²) in [7, 11) is 0. The van der Waals surface area contributed by atoms with Crippen molar-refractivity contribution in [3.63, 3.8) is 0 Å². The Labute approximate surface area is 234 Å². The van der Waals surface area contributed by atoms with Crippen molar-refractivity contribution in [1.29, 1.82) is 0 Å². The quantitative estimate of drug-likeness (QED) is 0.320. The van der Waals surface area contributed by atoms with Crippen LogP contribution in [0.5, 0.6) is 6.01 Å². The fourth-order valence-electron chi connectivity index (χ4n) is 5.87. The maximum absolute atomic E-state index is 16.4. The molecule has 3 atom stereocenters. The van der Waals surface area contributed by atoms with E-state index in [2.05, 4.69) is 25.2 Å². The molecule has 0 aliphatic carbocycles. The van der Waals surface area contributed by atoms with Crippen molar-refractivity contribution in [2.45, 2.75) is 38.1 Å². The fourth-order valence-corrected chi connectivity index (χ4v) is 6.16. The Bertz CT molecular complexity index is 1740. The van der Waals surface area contributed by atoms with Crippen LogP contribution in [-0.2, 0) is 6.54 Å². The first-order valence-corrected chi connectivity index (χ1v) is 13.7. The molecule has 0 amide bonds. The third-order valence-electron chi connectivity index (χ3n) is 7.84. The van der Waals surface area contributed by atoms with Crippen LogP contribution in [-0.4, -0.2) is 67.5 Å². The number of benzene rings is 2. The Morgan fingerprint density at radius 3 is 2.80 bits per heavy atom. The zero-order valence-corrected chi connectivity index (χ0v) is 22.5. The largest absolute Gasteiger partial charge is 0.461 e. The minimum absolute atomic E-state index is 0.0821. The van der Waals surface area contributed by atoms with Crippen LogP contribution in [0.25, 0.3) is 32.9 Å². The molecule has 0 spiro atoms. The van der Waals surface area contributed by atoms with E-state index in [-0.39, 0.29) is 35.9 Å². The second kappa shape index (κ2) is 9.96. The van der Waals surface area contributed by atoms with Gasteiger partial charge in [0.05, 0.1) is 24.1 Å². The lowest BCUT2D eigenvalue weighted by atomic mass is 10.0. The summed E-state index contributed by atoms with van der Waals surface area (Å²) in [6.45, 7) is 3.90. The minimum atomic E-state index is -0.568. The third kappa shape index (κ3) is 4.32. The highest BCUT2D eigenvalue weighted by Gasteiger charge is 2.40. The van der Waals surface area contributed by atoms with Crippen LogP contribution in [0.3, 0.4) is 0 Å². The van der Waals surface area contributed by atoms with Crippen molar-refractivity contribution in [3.8, 4) is 17.3 Å². The zero-order chi connectivity index (χ0) is 27.4. The molecule has 2 bridgehead atoms. The summed E-state index contributed by atoms with van der Waals surface area (Å²) in [5.41, 5.74) is 0.870. The van der Waals surface area contributed by atoms with Crippen LogP contribution in [0.1, 0.15) is 12.2 Å². The molecule has 0 saturated carbocycles. The topological polar surface area (TPSA) is 101 Å². The molecule has 5 aromatic rings. The number of halogens is 2. The van der Waals surface area contributed by atoms with E-state index in [0.29, 0.717) is 47.8 Å². The van der Waals surface area contributed by atoms with Gasteiger partial charge < -0.3 is 24.6 Å². The van der Waals surface area contributed by atoms with Crippen molar-refractivity contribution in [2.24, 2.45) is 0 Å². The number of imidazole rings is 1. The smallest absolute Gasteiger partial charge is 0.319 e. The van der Waals surface area contributed by atoms with Crippen molar-refractivity contribution >= 4 is 39.1 Å². The number of hydrogen-bond donors (Lipinski definition) is 2. The summed E-state index contributed by atoms with van der Waals surface area (Å²) in [6, 6.07) is 11.3. The molecule has 0 radical (unpaired) electrons. The van der Waals surface area contributed by atoms with E-state index < -0.39 is 11.9 Å². The summed E-state index contributed by atoms with van der Waals surface area (Å²) in [4.78, 5) is 20.1. The van der Waals surface area contributed by atoms with Crippen LogP contribution in [0.2, 0.25) is 5.02 Å². The van der Waals surface area contributed by atoms with Gasteiger partial charge in [-0.25, -0.2) is 9.37 Å². The maximum Gasteiger partial charge on any atom is 0.319 e. The molecule has 9 nitrogen and oxygen atoms in total. The molecule has 40 heavy (non-hydrogen) atoms. The van der Waals surface area contributed by atoms with Gasteiger partial charge in [0.25, 0.3) is 0 Å². The van der Waals surface area contributed by atoms with E-state index in [1.807, 2.05) is 48.0 Å². The molecule has 2 aromatic carbocycles. The van der Waals surface area contributed by atoms with Crippen molar-refractivity contribution in [2.75, 3.05) is 24.6 Å². The van der Waals surface area contributed by atoms with E-state index in [1.165, 1.54) is 0 Å². The van der Waals surface area contributed by atoms with E-state index in [9.17, 15) is 5.11 Å². The number of hydrogen-bond acceptors (Lipinski definition) is 8. The zero-order valence-electron chi connectivity index (χ0n) is 21.8. The second-order valence-electron chi connectivity index (χ2n) is 10.4. The molecular formula is C29H27ClFN7O2. The SMILES string of the molecule is Cc1nccn1CCOc1nc(N2CC3C[C@@H](O)[C@@H](C2)N3)c2cnc(-c3cccc4cccc(Cl)c34)c(F)c2n1. The monoisotopic (exact) mass is 559 g/mol. The van der Waals surface area contributed by atoms with Gasteiger partial charge in [-0.1, -0.05) is 41.9 Å². The fraction of sp³-hybridized carbons (Fsp3) is 0.310. The number of piperazine rings is 1. The Morgan fingerprint density at radius 1 is 1.15 bits per heavy atom. The van der Waals surface area contributed by atoms with Crippen molar-refractivity contribution in [3.05, 3.63) is 71.7 Å². The number of aryl methyl sites for hydroxylation is 1. The molecule has 5 heterocycles. The van der Waals surface area contributed by atoms with Crippen LogP contribution in [0, 0.1) is 12.7 Å². The number of nitrogens with zero attached hydrogens (tertiary/aromatic N) is 6. The predicted octanol–water partition coefficient (Wildman–Crippen LogP) is 4.13. The lowest BCUT2D eigenvalue weighted by Crippen LogP contribution is -2.53. The van der Waals surface area contributed by atoms with E-state index in [0.717, 1.165) is 16.6 Å². The van der Waals surface area contributed by atoms with Crippen LogP contribution < -0.4 is 15.0 Å². The number of rotatable bonds is 6. The van der Waals surface area contributed by atoms with Gasteiger partial charge >= 0.3 is 6.01 Å². The summed E-state index contributed by atoms with van der Waals surface area (Å²) >= 11 is 6.55. The standard InChI is InChI=1S/C29H27ClFN7O2/c1-16-32-8-9-37(16)10-11-40-29-35-27-20(28(36-29)38-14-18-12-23(39)22(15-38)34-18)13-33-26(25(27)31)19-6-2-4-17-5-3-7-21(30)24(17)19/h2-9,13,18,22-23,34,39H,10-12,14-15H2,1H3/t18?,22-,23-/m1/s1. The molecule has 2 aliphatic heterocycles. The van der Waals surface area contributed by atoms with E-state index >= 15 is 4.39 Å². The van der Waals surface area contributed by atoms with E-state index in [4.69, 9.17) is 21.3 Å². The number of anilines is 1. The highest BCUT2D eigenvalue weighted by molar-refractivity contribution is 6.36. The molecular weight excluding hydrogens is 533 g/mol. The van der Waals surface area contributed by atoms with Gasteiger partial charge in [0.1, 0.15) is 29.5 Å². The Hall–Kier alpha value is -3.86. The number of pyridine rings is 1. The number of aliphatic hydroxyl groups excluding tert-OH is 1. The van der Waals surface area contributed by atoms with E-state index in [1.54, 1.807) is 18.5 Å². The number of fused-ring (bicyclic) bond motifs is 4. The minimum Gasteiger partial charge on any atom is -0.461 e. The first-order valence-electron chi connectivity index (χ1n) is 13.3. The van der Waals surface area contributed by atoms with Gasteiger partial charge in [0.2, 0.25) is 0 Å². The van der Waals surface area contributed by atoms with Gasteiger partial charge in [-0.15, -0.1) is 0 Å². The average Bonchev–Trinajstić information content (AvgIpc) is 3.48. The Morgan fingerprint density at radius 2 is 2.00 bits per heavy atom. The third-order valence-corrected chi connectivity index (χ3v) is 8.15. The summed E-state index contributed by atoms with van der Waals surface area (Å²) in [5, 5.41) is 16.5.